The van der Waals surface area contributed by atoms with E-state index >= 15 is 0 Å². The minimum absolute atomic E-state index is 0.173. The molecule has 0 spiro atoms. The van der Waals surface area contributed by atoms with Gasteiger partial charge in [-0.05, 0) is 48.2 Å². The van der Waals surface area contributed by atoms with E-state index in [-0.39, 0.29) is 5.82 Å². The summed E-state index contributed by atoms with van der Waals surface area (Å²) >= 11 is 6.04. The van der Waals surface area contributed by atoms with Gasteiger partial charge in [0, 0.05) is 18.2 Å². The van der Waals surface area contributed by atoms with Gasteiger partial charge >= 0.3 is 0 Å². The van der Waals surface area contributed by atoms with Crippen LogP contribution < -0.4 is 10.1 Å². The Hall–Kier alpha value is -1.58. The third-order valence-corrected chi connectivity index (χ3v) is 4.00. The molecule has 0 atom stereocenters. The second kappa shape index (κ2) is 6.04. The van der Waals surface area contributed by atoms with Gasteiger partial charge in [0.25, 0.3) is 0 Å². The number of hydrogen-bond acceptors (Lipinski definition) is 2. The number of benzene rings is 2. The zero-order valence-electron chi connectivity index (χ0n) is 11.8. The molecule has 0 saturated heterocycles. The molecule has 3 rings (SSSR count). The van der Waals surface area contributed by atoms with Crippen LogP contribution in [0, 0.1) is 5.82 Å². The fourth-order valence-electron chi connectivity index (χ4n) is 2.27. The maximum atomic E-state index is 13.9. The van der Waals surface area contributed by atoms with Crippen molar-refractivity contribution in [2.45, 2.75) is 25.4 Å². The number of halogens is 2. The first-order chi connectivity index (χ1) is 10.2. The number of ether oxygens (including phenoxy) is 1. The Morgan fingerprint density at radius 2 is 1.90 bits per heavy atom. The van der Waals surface area contributed by atoms with Gasteiger partial charge in [0.05, 0.1) is 12.1 Å². The first-order valence-corrected chi connectivity index (χ1v) is 7.41. The number of hydrogen-bond donors (Lipinski definition) is 1. The Balaban J connectivity index is 1.88. The zero-order valence-corrected chi connectivity index (χ0v) is 12.6. The van der Waals surface area contributed by atoms with E-state index in [1.807, 2.05) is 18.2 Å². The van der Waals surface area contributed by atoms with Crippen molar-refractivity contribution >= 4 is 11.6 Å². The molecule has 0 unspecified atom stereocenters. The van der Waals surface area contributed by atoms with Gasteiger partial charge in [0.2, 0.25) is 0 Å². The molecule has 1 saturated carbocycles. The van der Waals surface area contributed by atoms with Crippen LogP contribution in [0.25, 0.3) is 11.1 Å². The Labute approximate surface area is 128 Å². The van der Waals surface area contributed by atoms with Crippen LogP contribution in [0.5, 0.6) is 5.75 Å². The summed E-state index contributed by atoms with van der Waals surface area (Å²) < 4.78 is 19.1. The second-order valence-electron chi connectivity index (χ2n) is 5.31. The maximum absolute atomic E-state index is 13.9. The first-order valence-electron chi connectivity index (χ1n) is 7.03. The largest absolute Gasteiger partial charge is 0.495 e. The minimum Gasteiger partial charge on any atom is -0.495 e. The van der Waals surface area contributed by atoms with Crippen molar-refractivity contribution in [1.82, 2.24) is 5.32 Å². The van der Waals surface area contributed by atoms with Crippen molar-refractivity contribution in [3.8, 4) is 16.9 Å². The summed E-state index contributed by atoms with van der Waals surface area (Å²) in [5, 5.41) is 3.91. The summed E-state index contributed by atoms with van der Waals surface area (Å²) in [7, 11) is 1.58. The highest BCUT2D eigenvalue weighted by Crippen LogP contribution is 2.31. The molecule has 4 heteroatoms. The fourth-order valence-corrected chi connectivity index (χ4v) is 2.47. The van der Waals surface area contributed by atoms with Crippen LogP contribution in [0.1, 0.15) is 18.4 Å². The molecule has 0 aliphatic heterocycles. The van der Waals surface area contributed by atoms with Crippen LogP contribution in [0.15, 0.2) is 36.4 Å². The Kier molecular flexibility index (Phi) is 4.13. The summed E-state index contributed by atoms with van der Waals surface area (Å²) in [5.41, 5.74) is 2.61. The summed E-state index contributed by atoms with van der Waals surface area (Å²) in [5.74, 6) is 0.448. The van der Waals surface area contributed by atoms with Crippen LogP contribution in [0.2, 0.25) is 5.02 Å². The highest BCUT2D eigenvalue weighted by molar-refractivity contribution is 6.32. The van der Waals surface area contributed by atoms with Gasteiger partial charge in [-0.25, -0.2) is 4.39 Å². The van der Waals surface area contributed by atoms with E-state index in [9.17, 15) is 4.39 Å². The second-order valence-corrected chi connectivity index (χ2v) is 5.72. The lowest BCUT2D eigenvalue weighted by atomic mass is 10.0. The molecule has 1 N–H and O–H groups in total. The smallest absolute Gasteiger partial charge is 0.138 e. The summed E-state index contributed by atoms with van der Waals surface area (Å²) in [4.78, 5) is 0. The molecule has 0 radical (unpaired) electrons. The van der Waals surface area contributed by atoms with E-state index in [0.29, 0.717) is 28.9 Å². The van der Waals surface area contributed by atoms with Crippen LogP contribution >= 0.6 is 11.6 Å². The summed E-state index contributed by atoms with van der Waals surface area (Å²) in [6, 6.07) is 11.3. The zero-order chi connectivity index (χ0) is 14.8. The molecule has 1 aliphatic rings. The molecule has 2 aromatic carbocycles. The lowest BCUT2D eigenvalue weighted by molar-refractivity contribution is 0.415. The molecule has 21 heavy (non-hydrogen) atoms. The normalized spacial score (nSPS) is 14.2. The molecule has 0 aromatic heterocycles. The predicted octanol–water partition coefficient (Wildman–Crippen LogP) is 4.41. The lowest BCUT2D eigenvalue weighted by Gasteiger charge is -2.10. The van der Waals surface area contributed by atoms with Crippen LogP contribution in [-0.4, -0.2) is 13.2 Å². The van der Waals surface area contributed by atoms with Gasteiger partial charge in [0.1, 0.15) is 11.6 Å². The van der Waals surface area contributed by atoms with Gasteiger partial charge in [-0.15, -0.1) is 0 Å². The number of nitrogens with one attached hydrogen (secondary N) is 1. The highest BCUT2D eigenvalue weighted by atomic mass is 35.5. The van der Waals surface area contributed by atoms with Crippen LogP contribution in [0.4, 0.5) is 4.39 Å². The highest BCUT2D eigenvalue weighted by Gasteiger charge is 2.20. The molecule has 2 aromatic rings. The van der Waals surface area contributed by atoms with E-state index in [4.69, 9.17) is 16.3 Å². The molecule has 110 valence electrons. The van der Waals surface area contributed by atoms with Crippen molar-refractivity contribution in [2.24, 2.45) is 0 Å². The monoisotopic (exact) mass is 305 g/mol. The molecule has 0 heterocycles. The van der Waals surface area contributed by atoms with Crippen molar-refractivity contribution < 1.29 is 9.13 Å². The SMILES string of the molecule is COc1cc(-c2ccc(F)c(CNC3CC3)c2)ccc1Cl. The summed E-state index contributed by atoms with van der Waals surface area (Å²) in [6.07, 6.45) is 2.38. The van der Waals surface area contributed by atoms with E-state index in [0.717, 1.165) is 11.1 Å². The number of rotatable bonds is 5. The number of methoxy groups -OCH3 is 1. The van der Waals surface area contributed by atoms with Gasteiger partial charge in [-0.1, -0.05) is 23.7 Å². The standard InChI is InChI=1S/C17H17ClFNO/c1-21-17-9-12(2-6-15(17)18)11-3-7-16(19)13(8-11)10-20-14-4-5-14/h2-3,6-9,14,20H,4-5,10H2,1H3. The van der Waals surface area contributed by atoms with E-state index in [1.54, 1.807) is 19.2 Å². The molecule has 1 fully saturated rings. The predicted molar refractivity (Wildman–Crippen MR) is 83.3 cm³/mol. The Bertz CT molecular complexity index is 655. The Morgan fingerprint density at radius 1 is 1.19 bits per heavy atom. The average molecular weight is 306 g/mol. The van der Waals surface area contributed by atoms with Crippen molar-refractivity contribution in [1.29, 1.82) is 0 Å². The van der Waals surface area contributed by atoms with Gasteiger partial charge in [-0.2, -0.15) is 0 Å². The van der Waals surface area contributed by atoms with E-state index < -0.39 is 0 Å². The van der Waals surface area contributed by atoms with E-state index in [1.165, 1.54) is 18.9 Å². The topological polar surface area (TPSA) is 21.3 Å². The van der Waals surface area contributed by atoms with Crippen molar-refractivity contribution in [2.75, 3.05) is 7.11 Å². The van der Waals surface area contributed by atoms with Crippen LogP contribution in [0.3, 0.4) is 0 Å². The molecule has 1 aliphatic carbocycles. The lowest BCUT2D eigenvalue weighted by Crippen LogP contribution is -2.16. The van der Waals surface area contributed by atoms with Gasteiger partial charge < -0.3 is 10.1 Å². The third kappa shape index (κ3) is 3.36. The van der Waals surface area contributed by atoms with E-state index in [2.05, 4.69) is 5.32 Å². The molecule has 2 nitrogen and oxygen atoms in total. The molecular weight excluding hydrogens is 289 g/mol. The van der Waals surface area contributed by atoms with Crippen molar-refractivity contribution in [3.63, 3.8) is 0 Å². The Morgan fingerprint density at radius 3 is 2.62 bits per heavy atom. The molecule has 0 bridgehead atoms. The van der Waals surface area contributed by atoms with Crippen LogP contribution in [-0.2, 0) is 6.54 Å². The van der Waals surface area contributed by atoms with Crippen molar-refractivity contribution in [3.05, 3.63) is 52.8 Å². The quantitative estimate of drug-likeness (QED) is 0.883. The maximum Gasteiger partial charge on any atom is 0.138 e. The minimum atomic E-state index is -0.173. The molecule has 0 amide bonds. The molecular formula is C17H17ClFNO. The summed E-state index contributed by atoms with van der Waals surface area (Å²) in [6.45, 7) is 0.565. The third-order valence-electron chi connectivity index (χ3n) is 3.69. The first kappa shape index (κ1) is 14.4. The average Bonchev–Trinajstić information content (AvgIpc) is 3.31. The van der Waals surface area contributed by atoms with Gasteiger partial charge in [0.15, 0.2) is 0 Å². The van der Waals surface area contributed by atoms with Gasteiger partial charge in [-0.3, -0.25) is 0 Å². The fraction of sp³-hybridized carbons (Fsp3) is 0.294.